The van der Waals surface area contributed by atoms with Crippen LogP contribution in [0.5, 0.6) is 0 Å². The van der Waals surface area contributed by atoms with Gasteiger partial charge in [-0.2, -0.15) is 18.3 Å². The number of alkyl halides is 3. The zero-order valence-electron chi connectivity index (χ0n) is 19.2. The van der Waals surface area contributed by atoms with Gasteiger partial charge in [-0.15, -0.1) is 11.3 Å². The predicted molar refractivity (Wildman–Crippen MR) is 141 cm³/mol. The molecule has 7 nitrogen and oxygen atoms in total. The van der Waals surface area contributed by atoms with Gasteiger partial charge in [-0.25, -0.2) is 9.37 Å². The quantitative estimate of drug-likeness (QED) is 0.187. The van der Waals surface area contributed by atoms with Crippen molar-refractivity contribution in [1.29, 1.82) is 0 Å². The molecule has 3 aromatic heterocycles. The highest BCUT2D eigenvalue weighted by Gasteiger charge is 2.35. The SMILES string of the molecule is NC(=O)c1sc2nc(C(F)(F)F)cc(-c3ccc(F)cc3)c2c1NC(=O)c1cc(-c2ccc(Cl)c(Cl)c2)n[nH]1. The average molecular weight is 594 g/mol. The summed E-state index contributed by atoms with van der Waals surface area (Å²) in [5, 5.41) is 9.85. The van der Waals surface area contributed by atoms with Crippen LogP contribution in [0.3, 0.4) is 0 Å². The summed E-state index contributed by atoms with van der Waals surface area (Å²) >= 11 is 12.6. The average Bonchev–Trinajstić information content (AvgIpc) is 3.51. The van der Waals surface area contributed by atoms with E-state index in [0.29, 0.717) is 27.6 Å². The number of halogens is 6. The molecule has 0 radical (unpaired) electrons. The monoisotopic (exact) mass is 593 g/mol. The minimum Gasteiger partial charge on any atom is -0.365 e. The van der Waals surface area contributed by atoms with Gasteiger partial charge < -0.3 is 11.1 Å². The maximum absolute atomic E-state index is 13.7. The topological polar surface area (TPSA) is 114 Å². The van der Waals surface area contributed by atoms with Crippen molar-refractivity contribution in [3.8, 4) is 22.4 Å². The molecule has 5 aromatic rings. The number of thiophene rings is 1. The van der Waals surface area contributed by atoms with Crippen molar-refractivity contribution in [3.63, 3.8) is 0 Å². The largest absolute Gasteiger partial charge is 0.433 e. The van der Waals surface area contributed by atoms with Crippen molar-refractivity contribution in [3.05, 3.63) is 86.7 Å². The maximum atomic E-state index is 13.7. The van der Waals surface area contributed by atoms with Gasteiger partial charge in [-0.05, 0) is 47.5 Å². The number of hydrogen-bond donors (Lipinski definition) is 3. The Hall–Kier alpha value is -4.00. The summed E-state index contributed by atoms with van der Waals surface area (Å²) in [6.07, 6.45) is -4.82. The summed E-state index contributed by atoms with van der Waals surface area (Å²) in [5.74, 6) is -2.36. The Morgan fingerprint density at radius 1 is 0.974 bits per heavy atom. The zero-order valence-corrected chi connectivity index (χ0v) is 21.5. The van der Waals surface area contributed by atoms with E-state index in [1.54, 1.807) is 18.2 Å². The first kappa shape index (κ1) is 26.6. The molecule has 0 unspecified atom stereocenters. The van der Waals surface area contributed by atoms with E-state index >= 15 is 0 Å². The van der Waals surface area contributed by atoms with E-state index in [9.17, 15) is 27.2 Å². The smallest absolute Gasteiger partial charge is 0.365 e. The highest BCUT2D eigenvalue weighted by molar-refractivity contribution is 7.21. The van der Waals surface area contributed by atoms with Crippen LogP contribution >= 0.6 is 34.5 Å². The Kier molecular flexibility index (Phi) is 6.79. The number of nitrogens with zero attached hydrogens (tertiary/aromatic N) is 2. The molecule has 0 aliphatic carbocycles. The van der Waals surface area contributed by atoms with E-state index in [4.69, 9.17) is 28.9 Å². The van der Waals surface area contributed by atoms with Crippen molar-refractivity contribution in [2.24, 2.45) is 5.73 Å². The number of anilines is 1. The second-order valence-corrected chi connectivity index (χ2v) is 9.97. The van der Waals surface area contributed by atoms with E-state index in [1.807, 2.05) is 0 Å². The molecule has 0 fully saturated rings. The zero-order chi connectivity index (χ0) is 28.1. The van der Waals surface area contributed by atoms with Crippen LogP contribution in [-0.2, 0) is 6.18 Å². The van der Waals surface area contributed by atoms with Gasteiger partial charge >= 0.3 is 6.18 Å². The maximum Gasteiger partial charge on any atom is 0.433 e. The molecular weight excluding hydrogens is 581 g/mol. The number of pyridine rings is 1. The fourth-order valence-corrected chi connectivity index (χ4v) is 5.12. The van der Waals surface area contributed by atoms with Crippen molar-refractivity contribution in [2.45, 2.75) is 6.18 Å². The summed E-state index contributed by atoms with van der Waals surface area (Å²) in [5.41, 5.74) is 5.18. The number of H-pyrrole nitrogens is 1. The lowest BCUT2D eigenvalue weighted by Gasteiger charge is -2.12. The molecule has 0 saturated carbocycles. The first-order chi connectivity index (χ1) is 18.4. The normalized spacial score (nSPS) is 11.6. The standard InChI is InChI=1S/C25H13Cl2F4N5O2S/c26-14-6-3-11(7-15(14)27)16-9-17(36-35-16)23(38)34-20-19-13(10-1-4-12(28)5-2-10)8-18(25(29,30)31)33-24(19)39-21(20)22(32)37/h1-9H,(H2,32,37)(H,34,38)(H,35,36). The third-order valence-corrected chi connectivity index (χ3v) is 7.45. The lowest BCUT2D eigenvalue weighted by Crippen LogP contribution is -2.17. The second kappa shape index (κ2) is 9.95. The molecule has 5 rings (SSSR count). The number of fused-ring (bicyclic) bond motifs is 1. The van der Waals surface area contributed by atoms with E-state index in [1.165, 1.54) is 18.2 Å². The Labute approximate surface area is 230 Å². The Bertz CT molecular complexity index is 1770. The molecule has 2 aromatic carbocycles. The van der Waals surface area contributed by atoms with Crippen LogP contribution in [0.1, 0.15) is 25.9 Å². The number of carbonyl (C=O) groups is 2. The summed E-state index contributed by atoms with van der Waals surface area (Å²) in [6.45, 7) is 0. The number of rotatable bonds is 5. The first-order valence-electron chi connectivity index (χ1n) is 10.8. The molecule has 0 atom stereocenters. The van der Waals surface area contributed by atoms with Gasteiger partial charge in [0.2, 0.25) is 0 Å². The van der Waals surface area contributed by atoms with E-state index < -0.39 is 29.5 Å². The Morgan fingerprint density at radius 2 is 1.67 bits per heavy atom. The molecule has 0 saturated heterocycles. The van der Waals surface area contributed by atoms with Gasteiger partial charge in [0.05, 0.1) is 21.4 Å². The highest BCUT2D eigenvalue weighted by atomic mass is 35.5. The number of benzene rings is 2. The van der Waals surface area contributed by atoms with Crippen LogP contribution in [0.2, 0.25) is 10.0 Å². The summed E-state index contributed by atoms with van der Waals surface area (Å²) < 4.78 is 54.5. The van der Waals surface area contributed by atoms with Crippen LogP contribution in [0.25, 0.3) is 32.6 Å². The van der Waals surface area contributed by atoms with Gasteiger partial charge in [-0.3, -0.25) is 14.7 Å². The molecule has 198 valence electrons. The van der Waals surface area contributed by atoms with E-state index in [0.717, 1.165) is 18.2 Å². The van der Waals surface area contributed by atoms with Gasteiger partial charge in [-0.1, -0.05) is 41.4 Å². The lowest BCUT2D eigenvalue weighted by molar-refractivity contribution is -0.140. The molecule has 14 heteroatoms. The van der Waals surface area contributed by atoms with Crippen LogP contribution in [0.15, 0.2) is 54.6 Å². The van der Waals surface area contributed by atoms with Gasteiger partial charge in [0.1, 0.15) is 26.9 Å². The summed E-state index contributed by atoms with van der Waals surface area (Å²) in [4.78, 5) is 28.7. The van der Waals surface area contributed by atoms with E-state index in [-0.39, 0.29) is 42.6 Å². The minimum atomic E-state index is -4.82. The molecule has 0 bridgehead atoms. The predicted octanol–water partition coefficient (Wildman–Crippen LogP) is 7.17. The van der Waals surface area contributed by atoms with Crippen LogP contribution < -0.4 is 11.1 Å². The number of aromatic amines is 1. The second-order valence-electron chi connectivity index (χ2n) is 8.16. The Balaban J connectivity index is 1.63. The van der Waals surface area contributed by atoms with E-state index in [2.05, 4.69) is 20.5 Å². The molecule has 4 N–H and O–H groups in total. The number of amides is 2. The highest BCUT2D eigenvalue weighted by Crippen LogP contribution is 2.44. The summed E-state index contributed by atoms with van der Waals surface area (Å²) in [7, 11) is 0. The molecule has 3 heterocycles. The fourth-order valence-electron chi connectivity index (χ4n) is 3.82. The summed E-state index contributed by atoms with van der Waals surface area (Å²) in [6, 6.07) is 11.6. The minimum absolute atomic E-state index is 0.0333. The molecule has 39 heavy (non-hydrogen) atoms. The third kappa shape index (κ3) is 5.18. The molecule has 2 amide bonds. The van der Waals surface area contributed by atoms with Gasteiger partial charge in [0.25, 0.3) is 11.8 Å². The van der Waals surface area contributed by atoms with Crippen LogP contribution in [-0.4, -0.2) is 27.0 Å². The number of nitrogens with one attached hydrogen (secondary N) is 2. The van der Waals surface area contributed by atoms with Gasteiger partial charge in [0, 0.05) is 10.9 Å². The molecule has 0 spiro atoms. The number of hydrogen-bond acceptors (Lipinski definition) is 5. The molecule has 0 aliphatic rings. The Morgan fingerprint density at radius 3 is 2.31 bits per heavy atom. The first-order valence-corrected chi connectivity index (χ1v) is 12.4. The van der Waals surface area contributed by atoms with Crippen molar-refractivity contribution in [1.82, 2.24) is 15.2 Å². The number of carbonyl (C=O) groups excluding carboxylic acids is 2. The number of primary amides is 1. The third-order valence-electron chi connectivity index (χ3n) is 5.61. The van der Waals surface area contributed by atoms with Crippen molar-refractivity contribution < 1.29 is 27.2 Å². The van der Waals surface area contributed by atoms with Crippen molar-refractivity contribution in [2.75, 3.05) is 5.32 Å². The van der Waals surface area contributed by atoms with Gasteiger partial charge in [0.15, 0.2) is 0 Å². The number of aromatic nitrogens is 3. The van der Waals surface area contributed by atoms with Crippen LogP contribution in [0.4, 0.5) is 23.2 Å². The van der Waals surface area contributed by atoms with Crippen molar-refractivity contribution >= 4 is 62.3 Å². The fraction of sp³-hybridized carbons (Fsp3) is 0.0400. The molecule has 0 aliphatic heterocycles. The lowest BCUT2D eigenvalue weighted by atomic mass is 10.0. The molecular formula is C25H13Cl2F4N5O2S. The van der Waals surface area contributed by atoms with Crippen LogP contribution in [0, 0.1) is 5.82 Å². The number of nitrogens with two attached hydrogens (primary N) is 1.